The van der Waals surface area contributed by atoms with Crippen LogP contribution in [0.4, 0.5) is 5.69 Å². The highest BCUT2D eigenvalue weighted by molar-refractivity contribution is 5.94. The highest BCUT2D eigenvalue weighted by Gasteiger charge is 2.21. The number of amides is 2. The Balaban J connectivity index is 1.81. The van der Waals surface area contributed by atoms with E-state index in [9.17, 15) is 9.59 Å². The molecule has 7 heteroatoms. The summed E-state index contributed by atoms with van der Waals surface area (Å²) in [6, 6.07) is 6.85. The van der Waals surface area contributed by atoms with Crippen LogP contribution in [0, 0.1) is 0 Å². The third-order valence-corrected chi connectivity index (χ3v) is 3.09. The van der Waals surface area contributed by atoms with Gasteiger partial charge in [0, 0.05) is 25.3 Å². The fourth-order valence-corrected chi connectivity index (χ4v) is 1.99. The molecule has 1 aromatic rings. The zero-order valence-corrected chi connectivity index (χ0v) is 12.6. The van der Waals surface area contributed by atoms with E-state index >= 15 is 0 Å². The first kappa shape index (κ1) is 16.3. The molecule has 1 unspecified atom stereocenters. The van der Waals surface area contributed by atoms with E-state index in [1.54, 1.807) is 24.3 Å². The molecule has 1 atom stereocenters. The zero-order valence-electron chi connectivity index (χ0n) is 12.6. The summed E-state index contributed by atoms with van der Waals surface area (Å²) in [5.74, 6) is 0.227. The van der Waals surface area contributed by atoms with Crippen LogP contribution in [-0.2, 0) is 14.3 Å². The third-order valence-electron chi connectivity index (χ3n) is 3.09. The molecule has 2 amide bonds. The Bertz CT molecular complexity index is 498. The van der Waals surface area contributed by atoms with Crippen LogP contribution < -0.4 is 20.7 Å². The summed E-state index contributed by atoms with van der Waals surface area (Å²) in [4.78, 5) is 23.3. The Kier molecular flexibility index (Phi) is 6.17. The standard InChI is InChI=1S/C15H21N3O4/c1-2-17-14(19)10-22-12-5-3-11(4-6-12)18-15(20)13-9-16-7-8-21-13/h3-6,13,16H,2,7-10H2,1H3,(H,17,19)(H,18,20). The first-order valence-corrected chi connectivity index (χ1v) is 7.32. The van der Waals surface area contributed by atoms with Crippen molar-refractivity contribution in [3.63, 3.8) is 0 Å². The summed E-state index contributed by atoms with van der Waals surface area (Å²) in [7, 11) is 0. The van der Waals surface area contributed by atoms with Crippen molar-refractivity contribution >= 4 is 17.5 Å². The molecule has 1 aliphatic rings. The zero-order chi connectivity index (χ0) is 15.8. The molecule has 0 radical (unpaired) electrons. The fraction of sp³-hybridized carbons (Fsp3) is 0.467. The summed E-state index contributed by atoms with van der Waals surface area (Å²) in [6.45, 7) is 4.21. The summed E-state index contributed by atoms with van der Waals surface area (Å²) >= 11 is 0. The van der Waals surface area contributed by atoms with Gasteiger partial charge < -0.3 is 25.4 Å². The number of anilines is 1. The maximum absolute atomic E-state index is 12.0. The van der Waals surface area contributed by atoms with E-state index < -0.39 is 6.10 Å². The number of morpholine rings is 1. The van der Waals surface area contributed by atoms with Crippen LogP contribution in [0.25, 0.3) is 0 Å². The molecule has 120 valence electrons. The maximum atomic E-state index is 12.0. The SMILES string of the molecule is CCNC(=O)COc1ccc(NC(=O)C2CNCCO2)cc1. The maximum Gasteiger partial charge on any atom is 0.257 e. The Hall–Kier alpha value is -2.12. The van der Waals surface area contributed by atoms with Gasteiger partial charge in [-0.3, -0.25) is 9.59 Å². The van der Waals surface area contributed by atoms with E-state index in [1.807, 2.05) is 6.92 Å². The minimum absolute atomic E-state index is 0.0267. The lowest BCUT2D eigenvalue weighted by Gasteiger charge is -2.22. The van der Waals surface area contributed by atoms with Crippen LogP contribution in [0.3, 0.4) is 0 Å². The molecule has 1 saturated heterocycles. The number of rotatable bonds is 6. The van der Waals surface area contributed by atoms with E-state index in [0.717, 1.165) is 6.54 Å². The minimum atomic E-state index is -0.470. The second-order valence-electron chi connectivity index (χ2n) is 4.82. The van der Waals surface area contributed by atoms with Crippen molar-refractivity contribution in [1.82, 2.24) is 10.6 Å². The van der Waals surface area contributed by atoms with Crippen LogP contribution >= 0.6 is 0 Å². The van der Waals surface area contributed by atoms with Gasteiger partial charge in [0.05, 0.1) is 6.61 Å². The number of carbonyl (C=O) groups excluding carboxylic acids is 2. The molecular weight excluding hydrogens is 286 g/mol. The number of hydrogen-bond donors (Lipinski definition) is 3. The normalized spacial score (nSPS) is 17.6. The first-order chi connectivity index (χ1) is 10.7. The van der Waals surface area contributed by atoms with Crippen molar-refractivity contribution in [2.75, 3.05) is 38.2 Å². The number of benzene rings is 1. The van der Waals surface area contributed by atoms with Crippen LogP contribution in [-0.4, -0.2) is 50.8 Å². The molecule has 0 saturated carbocycles. The Labute approximate surface area is 129 Å². The lowest BCUT2D eigenvalue weighted by Crippen LogP contribution is -2.45. The minimum Gasteiger partial charge on any atom is -0.484 e. The average Bonchev–Trinajstić information content (AvgIpc) is 2.55. The summed E-state index contributed by atoms with van der Waals surface area (Å²) < 4.78 is 10.7. The van der Waals surface area contributed by atoms with Crippen LogP contribution in [0.15, 0.2) is 24.3 Å². The molecule has 7 nitrogen and oxygen atoms in total. The van der Waals surface area contributed by atoms with Crippen molar-refractivity contribution in [2.24, 2.45) is 0 Å². The number of nitrogens with one attached hydrogen (secondary N) is 3. The van der Waals surface area contributed by atoms with Gasteiger partial charge in [0.2, 0.25) is 0 Å². The average molecular weight is 307 g/mol. The monoisotopic (exact) mass is 307 g/mol. The lowest BCUT2D eigenvalue weighted by molar-refractivity contribution is -0.128. The third kappa shape index (κ3) is 5.01. The number of hydrogen-bond acceptors (Lipinski definition) is 5. The summed E-state index contributed by atoms with van der Waals surface area (Å²) in [5.41, 5.74) is 0.657. The van der Waals surface area contributed by atoms with Gasteiger partial charge in [-0.25, -0.2) is 0 Å². The van der Waals surface area contributed by atoms with Crippen LogP contribution in [0.5, 0.6) is 5.75 Å². The molecule has 22 heavy (non-hydrogen) atoms. The first-order valence-electron chi connectivity index (χ1n) is 7.32. The molecule has 1 heterocycles. The van der Waals surface area contributed by atoms with Crippen LogP contribution in [0.2, 0.25) is 0 Å². The van der Waals surface area contributed by atoms with Gasteiger partial charge in [-0.15, -0.1) is 0 Å². The predicted molar refractivity (Wildman–Crippen MR) is 81.9 cm³/mol. The fourth-order valence-electron chi connectivity index (χ4n) is 1.99. The molecule has 1 aliphatic heterocycles. The molecule has 1 aromatic carbocycles. The molecule has 2 rings (SSSR count). The molecule has 1 fully saturated rings. The topological polar surface area (TPSA) is 88.7 Å². The van der Waals surface area contributed by atoms with Gasteiger partial charge >= 0.3 is 0 Å². The van der Waals surface area contributed by atoms with Crippen molar-refractivity contribution in [3.05, 3.63) is 24.3 Å². The van der Waals surface area contributed by atoms with Crippen molar-refractivity contribution in [1.29, 1.82) is 0 Å². The Morgan fingerprint density at radius 1 is 1.36 bits per heavy atom. The van der Waals surface area contributed by atoms with Gasteiger partial charge in [-0.2, -0.15) is 0 Å². The van der Waals surface area contributed by atoms with Crippen molar-refractivity contribution < 1.29 is 19.1 Å². The van der Waals surface area contributed by atoms with E-state index in [0.29, 0.717) is 31.1 Å². The molecule has 0 aliphatic carbocycles. The molecule has 3 N–H and O–H groups in total. The Morgan fingerprint density at radius 2 is 2.14 bits per heavy atom. The van der Waals surface area contributed by atoms with Gasteiger partial charge in [0.15, 0.2) is 6.61 Å². The highest BCUT2D eigenvalue weighted by atomic mass is 16.5. The summed E-state index contributed by atoms with van der Waals surface area (Å²) in [6.07, 6.45) is -0.470. The molecule has 0 bridgehead atoms. The van der Waals surface area contributed by atoms with Gasteiger partial charge in [0.25, 0.3) is 11.8 Å². The van der Waals surface area contributed by atoms with Gasteiger partial charge in [-0.1, -0.05) is 0 Å². The number of ether oxygens (including phenoxy) is 2. The van der Waals surface area contributed by atoms with Crippen molar-refractivity contribution in [3.8, 4) is 5.75 Å². The van der Waals surface area contributed by atoms with E-state index in [2.05, 4.69) is 16.0 Å². The molecule has 0 aromatic heterocycles. The van der Waals surface area contributed by atoms with Crippen LogP contribution in [0.1, 0.15) is 6.92 Å². The van der Waals surface area contributed by atoms with Gasteiger partial charge in [0.1, 0.15) is 11.9 Å². The predicted octanol–water partition coefficient (Wildman–Crippen LogP) is 0.128. The van der Waals surface area contributed by atoms with Crippen molar-refractivity contribution in [2.45, 2.75) is 13.0 Å². The summed E-state index contributed by atoms with van der Waals surface area (Å²) in [5, 5.41) is 8.54. The smallest absolute Gasteiger partial charge is 0.257 e. The van der Waals surface area contributed by atoms with E-state index in [4.69, 9.17) is 9.47 Å². The van der Waals surface area contributed by atoms with E-state index in [-0.39, 0.29) is 18.4 Å². The largest absolute Gasteiger partial charge is 0.484 e. The Morgan fingerprint density at radius 3 is 2.77 bits per heavy atom. The lowest BCUT2D eigenvalue weighted by atomic mass is 10.2. The number of likely N-dealkylation sites (N-methyl/N-ethyl adjacent to an activating group) is 1. The quantitative estimate of drug-likeness (QED) is 0.695. The molecular formula is C15H21N3O4. The second-order valence-corrected chi connectivity index (χ2v) is 4.82. The highest BCUT2D eigenvalue weighted by Crippen LogP contribution is 2.16. The van der Waals surface area contributed by atoms with Gasteiger partial charge in [-0.05, 0) is 31.2 Å². The van der Waals surface area contributed by atoms with E-state index in [1.165, 1.54) is 0 Å². The second kappa shape index (κ2) is 8.35. The number of carbonyl (C=O) groups is 2. The molecule has 0 spiro atoms.